The highest BCUT2D eigenvalue weighted by molar-refractivity contribution is 5.81. The Balaban J connectivity index is 2.14. The van der Waals surface area contributed by atoms with Crippen molar-refractivity contribution in [2.24, 2.45) is 11.7 Å². The molecule has 2 aromatic rings. The van der Waals surface area contributed by atoms with Crippen LogP contribution in [0.4, 0.5) is 0 Å². The van der Waals surface area contributed by atoms with Gasteiger partial charge in [0.15, 0.2) is 0 Å². The maximum atomic E-state index is 11.9. The fourth-order valence-corrected chi connectivity index (χ4v) is 3.52. The Labute approximate surface area is 126 Å². The molecule has 3 rings (SSSR count). The first-order valence-electron chi connectivity index (χ1n) is 7.47. The van der Waals surface area contributed by atoms with E-state index in [0.29, 0.717) is 0 Å². The number of carbonyl (C=O) groups excluding carboxylic acids is 1. The molecule has 0 aromatic heterocycles. The zero-order chi connectivity index (χ0) is 15.0. The van der Waals surface area contributed by atoms with E-state index in [0.717, 1.165) is 12.8 Å². The molecule has 2 nitrogen and oxygen atoms in total. The maximum absolute atomic E-state index is 11.9. The van der Waals surface area contributed by atoms with Crippen LogP contribution in [-0.2, 0) is 10.2 Å². The lowest BCUT2D eigenvalue weighted by Gasteiger charge is -2.49. The first-order valence-corrected chi connectivity index (χ1v) is 7.47. The van der Waals surface area contributed by atoms with Crippen LogP contribution in [0.1, 0.15) is 35.1 Å². The van der Waals surface area contributed by atoms with Gasteiger partial charge in [-0.3, -0.25) is 4.79 Å². The largest absolute Gasteiger partial charge is 0.369 e. The molecule has 2 aromatic carbocycles. The third-order valence-corrected chi connectivity index (χ3v) is 4.90. The Morgan fingerprint density at radius 3 is 1.67 bits per heavy atom. The molecule has 0 heterocycles. The van der Waals surface area contributed by atoms with Gasteiger partial charge in [0, 0.05) is 5.41 Å². The second-order valence-corrected chi connectivity index (χ2v) is 6.20. The molecule has 0 radical (unpaired) electrons. The average Bonchev–Trinajstić information content (AvgIpc) is 2.41. The molecule has 0 bridgehead atoms. The normalized spacial score (nSPS) is 19.8. The zero-order valence-electron chi connectivity index (χ0n) is 12.6. The van der Waals surface area contributed by atoms with Crippen molar-refractivity contribution in [1.29, 1.82) is 0 Å². The van der Waals surface area contributed by atoms with Gasteiger partial charge in [-0.1, -0.05) is 59.7 Å². The fourth-order valence-electron chi connectivity index (χ4n) is 3.52. The molecule has 1 amide bonds. The van der Waals surface area contributed by atoms with Gasteiger partial charge in [0.1, 0.15) is 0 Å². The number of nitrogens with two attached hydrogens (primary N) is 1. The molecule has 0 spiro atoms. The first kappa shape index (κ1) is 13.9. The SMILES string of the molecule is Cc1ccc(C2(c3ccc(C)cc3)CCC2C(N)=O)cc1. The predicted octanol–water partition coefficient (Wildman–Crippen LogP) is 3.48. The highest BCUT2D eigenvalue weighted by Gasteiger charge is 2.51. The summed E-state index contributed by atoms with van der Waals surface area (Å²) in [5, 5.41) is 0. The standard InChI is InChI=1S/C19H21NO/c1-13-3-7-15(8-4-13)19(12-11-17(19)18(20)21)16-9-5-14(2)6-10-16/h3-10,17H,11-12H2,1-2H3,(H2,20,21). The number of hydrogen-bond donors (Lipinski definition) is 1. The molecule has 0 saturated heterocycles. The Bertz CT molecular complexity index is 609. The van der Waals surface area contributed by atoms with Gasteiger partial charge in [0.05, 0.1) is 5.92 Å². The van der Waals surface area contributed by atoms with Crippen molar-refractivity contribution < 1.29 is 4.79 Å². The quantitative estimate of drug-likeness (QED) is 0.918. The number of rotatable bonds is 3. The number of carbonyl (C=O) groups is 1. The van der Waals surface area contributed by atoms with Crippen LogP contribution in [0, 0.1) is 19.8 Å². The highest BCUT2D eigenvalue weighted by atomic mass is 16.1. The second-order valence-electron chi connectivity index (χ2n) is 6.20. The molecule has 21 heavy (non-hydrogen) atoms. The smallest absolute Gasteiger partial charge is 0.221 e. The fraction of sp³-hybridized carbons (Fsp3) is 0.316. The summed E-state index contributed by atoms with van der Waals surface area (Å²) in [5.41, 5.74) is 10.3. The molecule has 1 saturated carbocycles. The lowest BCUT2D eigenvalue weighted by atomic mass is 9.53. The van der Waals surface area contributed by atoms with E-state index in [2.05, 4.69) is 62.4 Å². The van der Waals surface area contributed by atoms with E-state index in [1.165, 1.54) is 22.3 Å². The van der Waals surface area contributed by atoms with Crippen molar-refractivity contribution in [3.8, 4) is 0 Å². The van der Waals surface area contributed by atoms with Crippen LogP contribution in [0.15, 0.2) is 48.5 Å². The molecule has 2 heteroatoms. The molecule has 1 fully saturated rings. The molecule has 1 aliphatic rings. The summed E-state index contributed by atoms with van der Waals surface area (Å²) >= 11 is 0. The van der Waals surface area contributed by atoms with Gasteiger partial charge in [0.25, 0.3) is 0 Å². The van der Waals surface area contributed by atoms with Gasteiger partial charge in [-0.15, -0.1) is 0 Å². The summed E-state index contributed by atoms with van der Waals surface area (Å²) in [7, 11) is 0. The minimum Gasteiger partial charge on any atom is -0.369 e. The summed E-state index contributed by atoms with van der Waals surface area (Å²) in [5.74, 6) is -0.301. The Morgan fingerprint density at radius 2 is 1.38 bits per heavy atom. The lowest BCUT2D eigenvalue weighted by molar-refractivity contribution is -0.127. The topological polar surface area (TPSA) is 43.1 Å². The summed E-state index contributed by atoms with van der Waals surface area (Å²) < 4.78 is 0. The molecule has 0 aliphatic heterocycles. The maximum Gasteiger partial charge on any atom is 0.221 e. The van der Waals surface area contributed by atoms with Gasteiger partial charge in [-0.05, 0) is 37.8 Å². The second kappa shape index (κ2) is 5.03. The van der Waals surface area contributed by atoms with Crippen LogP contribution in [-0.4, -0.2) is 5.91 Å². The average molecular weight is 279 g/mol. The van der Waals surface area contributed by atoms with E-state index >= 15 is 0 Å². The van der Waals surface area contributed by atoms with Gasteiger partial charge in [-0.2, -0.15) is 0 Å². The van der Waals surface area contributed by atoms with Crippen molar-refractivity contribution in [3.63, 3.8) is 0 Å². The Kier molecular flexibility index (Phi) is 3.32. The summed E-state index contributed by atoms with van der Waals surface area (Å²) in [4.78, 5) is 11.9. The van der Waals surface area contributed by atoms with Crippen molar-refractivity contribution >= 4 is 5.91 Å². The van der Waals surface area contributed by atoms with Gasteiger partial charge < -0.3 is 5.73 Å². The number of primary amides is 1. The third kappa shape index (κ3) is 2.15. The number of benzene rings is 2. The number of amides is 1. The third-order valence-electron chi connectivity index (χ3n) is 4.90. The molecular formula is C19H21NO. The minimum atomic E-state index is -0.243. The van der Waals surface area contributed by atoms with Crippen molar-refractivity contribution in [2.45, 2.75) is 32.1 Å². The summed E-state index contributed by atoms with van der Waals surface area (Å²) in [6.07, 6.45) is 1.85. The van der Waals surface area contributed by atoms with Crippen LogP contribution in [0.2, 0.25) is 0 Å². The molecular weight excluding hydrogens is 258 g/mol. The number of aryl methyl sites for hydroxylation is 2. The van der Waals surface area contributed by atoms with Crippen LogP contribution in [0.5, 0.6) is 0 Å². The summed E-state index contributed by atoms with van der Waals surface area (Å²) in [6, 6.07) is 17.0. The van der Waals surface area contributed by atoms with Crippen molar-refractivity contribution in [1.82, 2.24) is 0 Å². The van der Waals surface area contributed by atoms with Crippen LogP contribution in [0.3, 0.4) is 0 Å². The summed E-state index contributed by atoms with van der Waals surface area (Å²) in [6.45, 7) is 4.16. The Morgan fingerprint density at radius 1 is 0.952 bits per heavy atom. The molecule has 2 N–H and O–H groups in total. The zero-order valence-corrected chi connectivity index (χ0v) is 12.6. The van der Waals surface area contributed by atoms with Gasteiger partial charge in [0.2, 0.25) is 5.91 Å². The minimum absolute atomic E-state index is 0.108. The lowest BCUT2D eigenvalue weighted by Crippen LogP contribution is -2.51. The van der Waals surface area contributed by atoms with Crippen LogP contribution >= 0.6 is 0 Å². The molecule has 1 unspecified atom stereocenters. The van der Waals surface area contributed by atoms with Crippen LogP contribution in [0.25, 0.3) is 0 Å². The van der Waals surface area contributed by atoms with Crippen molar-refractivity contribution in [3.05, 3.63) is 70.8 Å². The molecule has 108 valence electrons. The molecule has 1 atom stereocenters. The van der Waals surface area contributed by atoms with Crippen LogP contribution < -0.4 is 5.73 Å². The van der Waals surface area contributed by atoms with Crippen molar-refractivity contribution in [2.75, 3.05) is 0 Å². The Hall–Kier alpha value is -2.09. The monoisotopic (exact) mass is 279 g/mol. The van der Waals surface area contributed by atoms with E-state index in [-0.39, 0.29) is 17.2 Å². The first-order chi connectivity index (χ1) is 10.0. The van der Waals surface area contributed by atoms with E-state index < -0.39 is 0 Å². The predicted molar refractivity (Wildman–Crippen MR) is 85.1 cm³/mol. The van der Waals surface area contributed by atoms with E-state index in [4.69, 9.17) is 5.73 Å². The van der Waals surface area contributed by atoms with E-state index in [1.807, 2.05) is 0 Å². The van der Waals surface area contributed by atoms with E-state index in [9.17, 15) is 4.79 Å². The number of hydrogen-bond acceptors (Lipinski definition) is 1. The van der Waals surface area contributed by atoms with E-state index in [1.54, 1.807) is 0 Å². The van der Waals surface area contributed by atoms with Gasteiger partial charge in [-0.25, -0.2) is 0 Å². The highest BCUT2D eigenvalue weighted by Crippen LogP contribution is 2.53. The van der Waals surface area contributed by atoms with Gasteiger partial charge >= 0.3 is 0 Å². The molecule has 1 aliphatic carbocycles.